The molecule has 1 aliphatic heterocycles. The Kier molecular flexibility index (Phi) is 4.02. The van der Waals surface area contributed by atoms with Gasteiger partial charge in [0.15, 0.2) is 5.65 Å². The van der Waals surface area contributed by atoms with E-state index in [2.05, 4.69) is 38.1 Å². The second-order valence-electron chi connectivity index (χ2n) is 6.20. The van der Waals surface area contributed by atoms with Crippen molar-refractivity contribution in [1.82, 2.24) is 19.9 Å². The van der Waals surface area contributed by atoms with Crippen LogP contribution in [0.3, 0.4) is 0 Å². The minimum absolute atomic E-state index is 0.571. The normalized spacial score (nSPS) is 16.9. The molecule has 1 aliphatic rings. The first-order valence-corrected chi connectivity index (χ1v) is 8.42. The predicted molar refractivity (Wildman–Crippen MR) is 92.6 cm³/mol. The Morgan fingerprint density at radius 1 is 1.13 bits per heavy atom. The van der Waals surface area contributed by atoms with Gasteiger partial charge in [0, 0.05) is 35.6 Å². The van der Waals surface area contributed by atoms with Crippen molar-refractivity contribution in [1.29, 1.82) is 0 Å². The molecule has 4 rings (SSSR count). The third kappa shape index (κ3) is 3.23. The molecule has 1 N–H and O–H groups in total. The third-order valence-electron chi connectivity index (χ3n) is 4.60. The maximum absolute atomic E-state index is 6.07. The lowest BCUT2D eigenvalue weighted by atomic mass is 9.93. The van der Waals surface area contributed by atoms with Gasteiger partial charge >= 0.3 is 0 Å². The second kappa shape index (κ2) is 6.30. The molecule has 0 unspecified atom stereocenters. The summed E-state index contributed by atoms with van der Waals surface area (Å²) in [7, 11) is 0. The molecule has 118 valence electrons. The highest BCUT2D eigenvalue weighted by Crippen LogP contribution is 2.29. The van der Waals surface area contributed by atoms with Gasteiger partial charge < -0.3 is 4.98 Å². The number of H-pyrrole nitrogens is 1. The number of aromatic amines is 1. The Bertz CT molecular complexity index is 772. The molecule has 0 spiro atoms. The van der Waals surface area contributed by atoms with Gasteiger partial charge in [-0.05, 0) is 49.7 Å². The third-order valence-corrected chi connectivity index (χ3v) is 4.84. The molecule has 0 aliphatic carbocycles. The van der Waals surface area contributed by atoms with E-state index < -0.39 is 0 Å². The van der Waals surface area contributed by atoms with E-state index in [1.54, 1.807) is 12.4 Å². The molecule has 1 saturated heterocycles. The first kappa shape index (κ1) is 14.7. The van der Waals surface area contributed by atoms with Gasteiger partial charge in [0.05, 0.1) is 0 Å². The zero-order valence-electron chi connectivity index (χ0n) is 12.9. The summed E-state index contributed by atoms with van der Waals surface area (Å²) in [5.74, 6) is 0.571. The van der Waals surface area contributed by atoms with Crippen LogP contribution in [0.4, 0.5) is 0 Å². The number of nitrogens with one attached hydrogen (secondary N) is 1. The number of hydrogen-bond acceptors (Lipinski definition) is 3. The largest absolute Gasteiger partial charge is 0.342 e. The summed E-state index contributed by atoms with van der Waals surface area (Å²) in [6.07, 6.45) is 5.80. The molecule has 23 heavy (non-hydrogen) atoms. The van der Waals surface area contributed by atoms with Crippen LogP contribution in [0.25, 0.3) is 11.2 Å². The highest BCUT2D eigenvalue weighted by atomic mass is 35.5. The number of aromatic nitrogens is 3. The van der Waals surface area contributed by atoms with Gasteiger partial charge in [-0.3, -0.25) is 9.88 Å². The van der Waals surface area contributed by atoms with E-state index in [0.717, 1.165) is 48.7 Å². The van der Waals surface area contributed by atoms with Crippen LogP contribution in [-0.4, -0.2) is 32.9 Å². The quantitative estimate of drug-likeness (QED) is 0.791. The van der Waals surface area contributed by atoms with Crippen molar-refractivity contribution in [3.05, 3.63) is 59.0 Å². The molecule has 0 radical (unpaired) electrons. The van der Waals surface area contributed by atoms with Crippen molar-refractivity contribution in [3.63, 3.8) is 0 Å². The standard InChI is InChI=1S/C18H19ClN4/c19-15-3-1-2-13(10-15)12-23-8-4-14(5-9-23)16-11-17-18(22-16)21-7-6-20-17/h1-3,6-7,10-11,14H,4-5,8-9,12H2,(H,21,22). The van der Waals surface area contributed by atoms with E-state index in [9.17, 15) is 0 Å². The Balaban J connectivity index is 1.40. The topological polar surface area (TPSA) is 44.8 Å². The van der Waals surface area contributed by atoms with Crippen LogP contribution < -0.4 is 0 Å². The van der Waals surface area contributed by atoms with Crippen molar-refractivity contribution in [2.45, 2.75) is 25.3 Å². The van der Waals surface area contributed by atoms with Gasteiger partial charge in [-0.15, -0.1) is 0 Å². The van der Waals surface area contributed by atoms with Crippen LogP contribution in [0, 0.1) is 0 Å². The van der Waals surface area contributed by atoms with E-state index in [0.29, 0.717) is 5.92 Å². The number of halogens is 1. The van der Waals surface area contributed by atoms with Crippen molar-refractivity contribution in [2.75, 3.05) is 13.1 Å². The molecule has 0 atom stereocenters. The summed E-state index contributed by atoms with van der Waals surface area (Å²) in [5, 5.41) is 0.815. The summed E-state index contributed by atoms with van der Waals surface area (Å²) in [6, 6.07) is 10.3. The fourth-order valence-corrected chi connectivity index (χ4v) is 3.60. The maximum atomic E-state index is 6.07. The maximum Gasteiger partial charge on any atom is 0.156 e. The summed E-state index contributed by atoms with van der Waals surface area (Å²) in [4.78, 5) is 14.6. The van der Waals surface area contributed by atoms with Gasteiger partial charge in [0.25, 0.3) is 0 Å². The first-order valence-electron chi connectivity index (χ1n) is 8.04. The molecule has 3 aromatic rings. The van der Waals surface area contributed by atoms with E-state index in [-0.39, 0.29) is 0 Å². The van der Waals surface area contributed by atoms with Crippen molar-refractivity contribution in [3.8, 4) is 0 Å². The molecule has 1 aromatic carbocycles. The number of fused-ring (bicyclic) bond motifs is 1. The van der Waals surface area contributed by atoms with Crippen LogP contribution in [0.2, 0.25) is 5.02 Å². The van der Waals surface area contributed by atoms with Crippen LogP contribution in [0.5, 0.6) is 0 Å². The Labute approximate surface area is 140 Å². The SMILES string of the molecule is Clc1cccc(CN2CCC(c3cc4nccnc4[nH]3)CC2)c1. The Morgan fingerprint density at radius 3 is 2.74 bits per heavy atom. The molecule has 2 aromatic heterocycles. The molecule has 5 heteroatoms. The number of piperidine rings is 1. The minimum atomic E-state index is 0.571. The molecular formula is C18H19ClN4. The average Bonchev–Trinajstić information content (AvgIpc) is 2.99. The molecule has 0 bridgehead atoms. The van der Waals surface area contributed by atoms with Crippen LogP contribution in [0.1, 0.15) is 30.0 Å². The minimum Gasteiger partial charge on any atom is -0.342 e. The number of hydrogen-bond donors (Lipinski definition) is 1. The number of nitrogens with zero attached hydrogens (tertiary/aromatic N) is 3. The van der Waals surface area contributed by atoms with Gasteiger partial charge in [-0.1, -0.05) is 23.7 Å². The fraction of sp³-hybridized carbons (Fsp3) is 0.333. The highest BCUT2D eigenvalue weighted by Gasteiger charge is 2.22. The number of rotatable bonds is 3. The van der Waals surface area contributed by atoms with Crippen LogP contribution in [0.15, 0.2) is 42.7 Å². The monoisotopic (exact) mass is 326 g/mol. The van der Waals surface area contributed by atoms with E-state index >= 15 is 0 Å². The molecule has 3 heterocycles. The molecular weight excluding hydrogens is 308 g/mol. The smallest absolute Gasteiger partial charge is 0.156 e. The van der Waals surface area contributed by atoms with Crippen LogP contribution >= 0.6 is 11.6 Å². The molecule has 0 saturated carbocycles. The van der Waals surface area contributed by atoms with Crippen molar-refractivity contribution < 1.29 is 0 Å². The highest BCUT2D eigenvalue weighted by molar-refractivity contribution is 6.30. The predicted octanol–water partition coefficient (Wildman–Crippen LogP) is 3.99. The summed E-state index contributed by atoms with van der Waals surface area (Å²) < 4.78 is 0. The lowest BCUT2D eigenvalue weighted by molar-refractivity contribution is 0.203. The lowest BCUT2D eigenvalue weighted by Gasteiger charge is -2.31. The van der Waals surface area contributed by atoms with Gasteiger partial charge in [-0.25, -0.2) is 4.98 Å². The number of benzene rings is 1. The second-order valence-corrected chi connectivity index (χ2v) is 6.63. The first-order chi connectivity index (χ1) is 11.3. The van der Waals surface area contributed by atoms with E-state index in [1.807, 2.05) is 12.1 Å². The van der Waals surface area contributed by atoms with Gasteiger partial charge in [-0.2, -0.15) is 0 Å². The summed E-state index contributed by atoms with van der Waals surface area (Å²) in [6.45, 7) is 3.18. The molecule has 1 fully saturated rings. The van der Waals surface area contributed by atoms with Crippen molar-refractivity contribution in [2.24, 2.45) is 0 Å². The van der Waals surface area contributed by atoms with Crippen molar-refractivity contribution >= 4 is 22.8 Å². The Hall–Kier alpha value is -1.91. The average molecular weight is 327 g/mol. The summed E-state index contributed by atoms with van der Waals surface area (Å²) in [5.41, 5.74) is 4.41. The Morgan fingerprint density at radius 2 is 1.96 bits per heavy atom. The molecule has 4 nitrogen and oxygen atoms in total. The fourth-order valence-electron chi connectivity index (χ4n) is 3.39. The van der Waals surface area contributed by atoms with Gasteiger partial charge in [0.1, 0.15) is 5.52 Å². The number of likely N-dealkylation sites (tertiary alicyclic amines) is 1. The van der Waals surface area contributed by atoms with E-state index in [4.69, 9.17) is 11.6 Å². The molecule has 0 amide bonds. The zero-order chi connectivity index (χ0) is 15.6. The summed E-state index contributed by atoms with van der Waals surface area (Å²) >= 11 is 6.07. The van der Waals surface area contributed by atoms with Crippen LogP contribution in [-0.2, 0) is 6.54 Å². The van der Waals surface area contributed by atoms with Gasteiger partial charge in [0.2, 0.25) is 0 Å². The lowest BCUT2D eigenvalue weighted by Crippen LogP contribution is -2.32. The zero-order valence-corrected chi connectivity index (χ0v) is 13.6. The van der Waals surface area contributed by atoms with E-state index in [1.165, 1.54) is 11.3 Å².